The van der Waals surface area contributed by atoms with Gasteiger partial charge in [-0.2, -0.15) is 5.10 Å². The van der Waals surface area contributed by atoms with Crippen molar-refractivity contribution in [1.82, 2.24) is 24.7 Å². The van der Waals surface area contributed by atoms with Gasteiger partial charge in [-0.25, -0.2) is 9.97 Å². The minimum Gasteiger partial charge on any atom is -0.368 e. The van der Waals surface area contributed by atoms with Crippen LogP contribution < -0.4 is 5.32 Å². The highest BCUT2D eigenvalue weighted by Gasteiger charge is 2.01. The average molecular weight is 232 g/mol. The Morgan fingerprint density at radius 1 is 1.24 bits per heavy atom. The Morgan fingerprint density at radius 3 is 2.71 bits per heavy atom. The SMILES string of the molecule is Cc1ncc(NCCc2ncn(C)n2)nc1C. The molecule has 0 radical (unpaired) electrons. The van der Waals surface area contributed by atoms with E-state index in [0.29, 0.717) is 0 Å². The third kappa shape index (κ3) is 2.99. The van der Waals surface area contributed by atoms with Crippen molar-refractivity contribution < 1.29 is 0 Å². The van der Waals surface area contributed by atoms with E-state index in [-0.39, 0.29) is 0 Å². The molecule has 2 aromatic heterocycles. The Balaban J connectivity index is 1.87. The fourth-order valence-electron chi connectivity index (χ4n) is 1.43. The van der Waals surface area contributed by atoms with Crippen LogP contribution in [0.5, 0.6) is 0 Å². The van der Waals surface area contributed by atoms with Crippen LogP contribution in [0.3, 0.4) is 0 Å². The van der Waals surface area contributed by atoms with Crippen molar-refractivity contribution in [2.75, 3.05) is 11.9 Å². The van der Waals surface area contributed by atoms with Crippen LogP contribution in [-0.2, 0) is 13.5 Å². The normalized spacial score (nSPS) is 10.5. The highest BCUT2D eigenvalue weighted by atomic mass is 15.3. The Bertz CT molecular complexity index is 504. The molecule has 0 aromatic carbocycles. The van der Waals surface area contributed by atoms with E-state index in [4.69, 9.17) is 0 Å². The zero-order valence-electron chi connectivity index (χ0n) is 10.3. The third-order valence-electron chi connectivity index (χ3n) is 2.49. The van der Waals surface area contributed by atoms with E-state index in [1.165, 1.54) is 0 Å². The first-order chi connectivity index (χ1) is 8.15. The van der Waals surface area contributed by atoms with Crippen LogP contribution >= 0.6 is 0 Å². The summed E-state index contributed by atoms with van der Waals surface area (Å²) in [6.45, 7) is 4.65. The molecule has 0 fully saturated rings. The number of anilines is 1. The van der Waals surface area contributed by atoms with Crippen molar-refractivity contribution >= 4 is 5.82 Å². The molecule has 0 aliphatic carbocycles. The topological polar surface area (TPSA) is 68.5 Å². The summed E-state index contributed by atoms with van der Waals surface area (Å²) in [7, 11) is 1.86. The van der Waals surface area contributed by atoms with Crippen molar-refractivity contribution in [3.05, 3.63) is 29.7 Å². The van der Waals surface area contributed by atoms with Gasteiger partial charge in [0.2, 0.25) is 0 Å². The smallest absolute Gasteiger partial charge is 0.152 e. The highest BCUT2D eigenvalue weighted by Crippen LogP contribution is 2.05. The van der Waals surface area contributed by atoms with Crippen LogP contribution in [0.25, 0.3) is 0 Å². The van der Waals surface area contributed by atoms with Gasteiger partial charge in [0.15, 0.2) is 5.82 Å². The molecule has 0 unspecified atom stereocenters. The lowest BCUT2D eigenvalue weighted by molar-refractivity contribution is 0.741. The number of nitrogens with one attached hydrogen (secondary N) is 1. The average Bonchev–Trinajstić information content (AvgIpc) is 2.70. The summed E-state index contributed by atoms with van der Waals surface area (Å²) in [4.78, 5) is 12.8. The lowest BCUT2D eigenvalue weighted by atomic mass is 10.3. The molecule has 0 aliphatic heterocycles. The summed E-state index contributed by atoms with van der Waals surface area (Å²) in [5, 5.41) is 7.41. The monoisotopic (exact) mass is 232 g/mol. The van der Waals surface area contributed by atoms with E-state index in [1.54, 1.807) is 17.2 Å². The van der Waals surface area contributed by atoms with Gasteiger partial charge in [0.1, 0.15) is 12.1 Å². The van der Waals surface area contributed by atoms with Gasteiger partial charge in [0, 0.05) is 20.0 Å². The van der Waals surface area contributed by atoms with Crippen LogP contribution in [0.1, 0.15) is 17.2 Å². The van der Waals surface area contributed by atoms with Crippen LogP contribution in [0.4, 0.5) is 5.82 Å². The fourth-order valence-corrected chi connectivity index (χ4v) is 1.43. The molecule has 2 heterocycles. The van der Waals surface area contributed by atoms with Gasteiger partial charge >= 0.3 is 0 Å². The minimum atomic E-state index is 0.751. The Kier molecular flexibility index (Phi) is 3.32. The van der Waals surface area contributed by atoms with Gasteiger partial charge in [-0.15, -0.1) is 0 Å². The van der Waals surface area contributed by atoms with Gasteiger partial charge in [-0.1, -0.05) is 0 Å². The minimum absolute atomic E-state index is 0.751. The third-order valence-corrected chi connectivity index (χ3v) is 2.49. The molecule has 90 valence electrons. The lowest BCUT2D eigenvalue weighted by Crippen LogP contribution is -2.09. The van der Waals surface area contributed by atoms with Gasteiger partial charge in [-0.3, -0.25) is 9.67 Å². The lowest BCUT2D eigenvalue weighted by Gasteiger charge is -2.05. The van der Waals surface area contributed by atoms with Crippen LogP contribution in [-0.4, -0.2) is 31.3 Å². The van der Waals surface area contributed by atoms with Gasteiger partial charge in [0.25, 0.3) is 0 Å². The molecular formula is C11H16N6. The quantitative estimate of drug-likeness (QED) is 0.847. The van der Waals surface area contributed by atoms with Gasteiger partial charge in [0.05, 0.1) is 17.6 Å². The molecule has 2 aromatic rings. The maximum absolute atomic E-state index is 4.39. The number of hydrogen-bond donors (Lipinski definition) is 1. The molecule has 0 spiro atoms. The first-order valence-corrected chi connectivity index (χ1v) is 5.54. The molecule has 1 N–H and O–H groups in total. The molecule has 0 atom stereocenters. The van der Waals surface area contributed by atoms with Crippen molar-refractivity contribution in [3.8, 4) is 0 Å². The maximum atomic E-state index is 4.39. The Morgan fingerprint density at radius 2 is 2.06 bits per heavy atom. The van der Waals surface area contributed by atoms with Crippen molar-refractivity contribution in [2.45, 2.75) is 20.3 Å². The first kappa shape index (κ1) is 11.5. The second kappa shape index (κ2) is 4.90. The van der Waals surface area contributed by atoms with Crippen molar-refractivity contribution in [2.24, 2.45) is 7.05 Å². The van der Waals surface area contributed by atoms with E-state index in [1.807, 2.05) is 20.9 Å². The summed E-state index contributed by atoms with van der Waals surface area (Å²) in [6, 6.07) is 0. The molecule has 17 heavy (non-hydrogen) atoms. The molecule has 6 heteroatoms. The largest absolute Gasteiger partial charge is 0.368 e. The predicted molar refractivity (Wildman–Crippen MR) is 64.7 cm³/mol. The highest BCUT2D eigenvalue weighted by molar-refractivity contribution is 5.33. The van der Waals surface area contributed by atoms with Gasteiger partial charge < -0.3 is 5.32 Å². The summed E-state index contributed by atoms with van der Waals surface area (Å²) in [5.41, 5.74) is 1.91. The Hall–Kier alpha value is -1.98. The molecule has 2 rings (SSSR count). The zero-order valence-corrected chi connectivity index (χ0v) is 10.3. The van der Waals surface area contributed by atoms with Crippen molar-refractivity contribution in [1.29, 1.82) is 0 Å². The first-order valence-electron chi connectivity index (χ1n) is 5.54. The molecule has 0 amide bonds. The number of nitrogens with zero attached hydrogens (tertiary/aromatic N) is 5. The van der Waals surface area contributed by atoms with E-state index in [0.717, 1.165) is 36.0 Å². The van der Waals surface area contributed by atoms with E-state index < -0.39 is 0 Å². The zero-order chi connectivity index (χ0) is 12.3. The molecule has 0 aliphatic rings. The fraction of sp³-hybridized carbons (Fsp3) is 0.455. The predicted octanol–water partition coefficient (Wildman–Crippen LogP) is 0.877. The van der Waals surface area contributed by atoms with Crippen LogP contribution in [0.2, 0.25) is 0 Å². The summed E-state index contributed by atoms with van der Waals surface area (Å²) >= 11 is 0. The summed E-state index contributed by atoms with van der Waals surface area (Å²) < 4.78 is 1.70. The van der Waals surface area contributed by atoms with Gasteiger partial charge in [-0.05, 0) is 13.8 Å². The molecule has 0 bridgehead atoms. The van der Waals surface area contributed by atoms with Crippen molar-refractivity contribution in [3.63, 3.8) is 0 Å². The maximum Gasteiger partial charge on any atom is 0.152 e. The number of rotatable bonds is 4. The molecule has 0 saturated carbocycles. The standard InChI is InChI=1S/C11H16N6/c1-8-9(2)15-11(6-13-8)12-5-4-10-14-7-17(3)16-10/h6-7H,4-5H2,1-3H3,(H,12,15). The van der Waals surface area contributed by atoms with Crippen LogP contribution in [0, 0.1) is 13.8 Å². The second-order valence-electron chi connectivity index (χ2n) is 3.94. The molecule has 6 nitrogen and oxygen atoms in total. The summed E-state index contributed by atoms with van der Waals surface area (Å²) in [5.74, 6) is 1.63. The van der Waals surface area contributed by atoms with E-state index in [2.05, 4.69) is 25.4 Å². The van der Waals surface area contributed by atoms with E-state index in [9.17, 15) is 0 Å². The summed E-state index contributed by atoms with van der Waals surface area (Å²) in [6.07, 6.45) is 4.22. The number of hydrogen-bond acceptors (Lipinski definition) is 5. The molecule has 0 saturated heterocycles. The molecular weight excluding hydrogens is 216 g/mol. The second-order valence-corrected chi connectivity index (χ2v) is 3.94. The van der Waals surface area contributed by atoms with E-state index >= 15 is 0 Å². The Labute approximate surface area is 100 Å². The number of aryl methyl sites for hydroxylation is 3. The van der Waals surface area contributed by atoms with Crippen LogP contribution in [0.15, 0.2) is 12.5 Å². The number of aromatic nitrogens is 5.